The van der Waals surface area contributed by atoms with Crippen molar-refractivity contribution < 1.29 is 9.47 Å². The first kappa shape index (κ1) is 16.0. The number of rotatable bonds is 8. The predicted molar refractivity (Wildman–Crippen MR) is 89.7 cm³/mol. The van der Waals surface area contributed by atoms with Crippen LogP contribution in [0, 0.1) is 0 Å². The molecule has 1 heterocycles. The summed E-state index contributed by atoms with van der Waals surface area (Å²) in [5, 5.41) is 4.40. The minimum Gasteiger partial charge on any atom is -0.396 e. The third kappa shape index (κ3) is 4.56. The maximum absolute atomic E-state index is 6.03. The van der Waals surface area contributed by atoms with Crippen LogP contribution in [-0.2, 0) is 9.47 Å². The van der Waals surface area contributed by atoms with Crippen molar-refractivity contribution in [3.63, 3.8) is 0 Å². The van der Waals surface area contributed by atoms with Crippen molar-refractivity contribution in [3.8, 4) is 0 Å². The molecule has 0 saturated carbocycles. The number of fused-ring (bicyclic) bond motifs is 1. The minimum atomic E-state index is 0.628. The van der Waals surface area contributed by atoms with Gasteiger partial charge in [-0.25, -0.2) is 0 Å². The second kappa shape index (κ2) is 8.17. The number of nitrogens with two attached hydrogens (primary N) is 1. The van der Waals surface area contributed by atoms with Gasteiger partial charge in [0.05, 0.1) is 36.3 Å². The number of halogens is 1. The van der Waals surface area contributed by atoms with Gasteiger partial charge in [0, 0.05) is 30.1 Å². The summed E-state index contributed by atoms with van der Waals surface area (Å²) in [6.07, 6.45) is 2.59. The topological polar surface area (TPSA) is 69.4 Å². The van der Waals surface area contributed by atoms with Gasteiger partial charge < -0.3 is 20.5 Å². The van der Waals surface area contributed by atoms with E-state index in [9.17, 15) is 0 Å². The van der Waals surface area contributed by atoms with Gasteiger partial charge in [-0.3, -0.25) is 4.98 Å². The minimum absolute atomic E-state index is 0.628. The molecule has 1 aromatic carbocycles. The fourth-order valence-electron chi connectivity index (χ4n) is 2.01. The fraction of sp³-hybridized carbons (Fsp3) is 0.400. The summed E-state index contributed by atoms with van der Waals surface area (Å²) in [6.45, 7) is 2.75. The highest BCUT2D eigenvalue weighted by Gasteiger charge is 2.06. The van der Waals surface area contributed by atoms with Gasteiger partial charge in [0.15, 0.2) is 0 Å². The Kier molecular flexibility index (Phi) is 6.22. The van der Waals surface area contributed by atoms with Gasteiger partial charge >= 0.3 is 0 Å². The van der Waals surface area contributed by atoms with E-state index in [0.29, 0.717) is 25.5 Å². The molecule has 1 aromatic heterocycles. The molecule has 3 N–H and O–H groups in total. The molecule has 21 heavy (non-hydrogen) atoms. The van der Waals surface area contributed by atoms with Crippen LogP contribution in [0.1, 0.15) is 6.42 Å². The summed E-state index contributed by atoms with van der Waals surface area (Å²) >= 11 is 3.48. The molecule has 114 valence electrons. The summed E-state index contributed by atoms with van der Waals surface area (Å²) in [4.78, 5) is 4.34. The molecule has 0 spiro atoms. The van der Waals surface area contributed by atoms with E-state index in [-0.39, 0.29) is 0 Å². The Bertz CT molecular complexity index is 587. The Labute approximate surface area is 133 Å². The molecule has 0 unspecified atom stereocenters. The quantitative estimate of drug-likeness (QED) is 0.713. The number of anilines is 2. The molecule has 0 bridgehead atoms. The smallest absolute Gasteiger partial charge is 0.0743 e. The SMILES string of the molecule is COCCOCCCNc1c(N)cnc2ccc(Br)cc12. The fourth-order valence-corrected chi connectivity index (χ4v) is 2.37. The van der Waals surface area contributed by atoms with Crippen LogP contribution in [-0.4, -0.2) is 38.5 Å². The van der Waals surface area contributed by atoms with Crippen molar-refractivity contribution in [2.75, 3.05) is 44.5 Å². The van der Waals surface area contributed by atoms with Gasteiger partial charge in [0.1, 0.15) is 0 Å². The van der Waals surface area contributed by atoms with Crippen molar-refractivity contribution in [1.82, 2.24) is 4.98 Å². The summed E-state index contributed by atoms with van der Waals surface area (Å²) in [5.41, 5.74) is 8.53. The Morgan fingerprint density at radius 2 is 2.14 bits per heavy atom. The van der Waals surface area contributed by atoms with Crippen LogP contribution in [0.4, 0.5) is 11.4 Å². The zero-order valence-corrected chi connectivity index (χ0v) is 13.6. The number of nitrogen functional groups attached to an aromatic ring is 1. The summed E-state index contributed by atoms with van der Waals surface area (Å²) in [6, 6.07) is 5.97. The number of aromatic nitrogens is 1. The lowest BCUT2D eigenvalue weighted by atomic mass is 10.1. The Hall–Kier alpha value is -1.37. The monoisotopic (exact) mass is 353 g/mol. The van der Waals surface area contributed by atoms with E-state index in [1.54, 1.807) is 13.3 Å². The van der Waals surface area contributed by atoms with E-state index in [1.165, 1.54) is 0 Å². The highest BCUT2D eigenvalue weighted by Crippen LogP contribution is 2.29. The second-order valence-electron chi connectivity index (χ2n) is 4.64. The Morgan fingerprint density at radius 3 is 2.95 bits per heavy atom. The summed E-state index contributed by atoms with van der Waals surface area (Å²) in [5.74, 6) is 0. The van der Waals surface area contributed by atoms with Gasteiger partial charge in [-0.2, -0.15) is 0 Å². The normalized spacial score (nSPS) is 11.0. The molecule has 0 atom stereocenters. The molecule has 0 aliphatic heterocycles. The van der Waals surface area contributed by atoms with E-state index in [2.05, 4.69) is 26.2 Å². The first-order chi connectivity index (χ1) is 10.2. The number of nitrogens with one attached hydrogen (secondary N) is 1. The second-order valence-corrected chi connectivity index (χ2v) is 5.55. The van der Waals surface area contributed by atoms with Crippen molar-refractivity contribution in [3.05, 3.63) is 28.9 Å². The number of methoxy groups -OCH3 is 1. The van der Waals surface area contributed by atoms with Crippen LogP contribution < -0.4 is 11.1 Å². The van der Waals surface area contributed by atoms with Gasteiger partial charge in [0.2, 0.25) is 0 Å². The molecule has 2 rings (SSSR count). The van der Waals surface area contributed by atoms with Crippen molar-refractivity contribution in [2.45, 2.75) is 6.42 Å². The summed E-state index contributed by atoms with van der Waals surface area (Å²) < 4.78 is 11.4. The van der Waals surface area contributed by atoms with Gasteiger partial charge in [-0.1, -0.05) is 15.9 Å². The van der Waals surface area contributed by atoms with E-state index in [1.807, 2.05) is 18.2 Å². The lowest BCUT2D eigenvalue weighted by molar-refractivity contribution is 0.0705. The number of benzene rings is 1. The third-order valence-corrected chi connectivity index (χ3v) is 3.55. The van der Waals surface area contributed by atoms with Crippen molar-refractivity contribution in [2.24, 2.45) is 0 Å². The lowest BCUT2D eigenvalue weighted by Gasteiger charge is -2.12. The third-order valence-electron chi connectivity index (χ3n) is 3.06. The van der Waals surface area contributed by atoms with E-state index in [4.69, 9.17) is 15.2 Å². The first-order valence-corrected chi connectivity index (χ1v) is 7.66. The van der Waals surface area contributed by atoms with E-state index < -0.39 is 0 Å². The molecular weight excluding hydrogens is 334 g/mol. The van der Waals surface area contributed by atoms with E-state index >= 15 is 0 Å². The van der Waals surface area contributed by atoms with Crippen LogP contribution in [0.3, 0.4) is 0 Å². The predicted octanol–water partition coefficient (Wildman–Crippen LogP) is 3.04. The number of nitrogens with zero attached hydrogens (tertiary/aromatic N) is 1. The molecular formula is C15H20BrN3O2. The van der Waals surface area contributed by atoms with Gasteiger partial charge in [0.25, 0.3) is 0 Å². The molecule has 0 radical (unpaired) electrons. The Balaban J connectivity index is 1.95. The molecule has 6 heteroatoms. The lowest BCUT2D eigenvalue weighted by Crippen LogP contribution is -2.10. The molecule has 0 saturated heterocycles. The molecule has 5 nitrogen and oxygen atoms in total. The maximum Gasteiger partial charge on any atom is 0.0743 e. The number of pyridine rings is 1. The van der Waals surface area contributed by atoms with E-state index in [0.717, 1.165) is 34.0 Å². The molecule has 0 aliphatic carbocycles. The van der Waals surface area contributed by atoms with Gasteiger partial charge in [-0.15, -0.1) is 0 Å². The zero-order chi connectivity index (χ0) is 15.1. The average Bonchev–Trinajstić information content (AvgIpc) is 2.48. The van der Waals surface area contributed by atoms with Crippen LogP contribution in [0.15, 0.2) is 28.9 Å². The number of ether oxygens (including phenoxy) is 2. The summed E-state index contributed by atoms with van der Waals surface area (Å²) in [7, 11) is 1.67. The van der Waals surface area contributed by atoms with Crippen LogP contribution in [0.2, 0.25) is 0 Å². The highest BCUT2D eigenvalue weighted by molar-refractivity contribution is 9.10. The molecule has 0 amide bonds. The molecule has 2 aromatic rings. The van der Waals surface area contributed by atoms with Crippen molar-refractivity contribution in [1.29, 1.82) is 0 Å². The number of hydrogen-bond donors (Lipinski definition) is 2. The molecule has 0 aliphatic rings. The zero-order valence-electron chi connectivity index (χ0n) is 12.1. The Morgan fingerprint density at radius 1 is 1.29 bits per heavy atom. The van der Waals surface area contributed by atoms with Gasteiger partial charge in [-0.05, 0) is 24.6 Å². The highest BCUT2D eigenvalue weighted by atomic mass is 79.9. The van der Waals surface area contributed by atoms with Crippen molar-refractivity contribution >= 4 is 38.2 Å². The maximum atomic E-state index is 6.03. The van der Waals surface area contributed by atoms with Crippen LogP contribution in [0.5, 0.6) is 0 Å². The van der Waals surface area contributed by atoms with Crippen LogP contribution >= 0.6 is 15.9 Å². The molecule has 0 fully saturated rings. The number of hydrogen-bond acceptors (Lipinski definition) is 5. The average molecular weight is 354 g/mol. The standard InChI is InChI=1S/C15H20BrN3O2/c1-20-7-8-21-6-2-5-18-15-12-9-11(16)3-4-14(12)19-10-13(15)17/h3-4,9-10H,2,5-8,17H2,1H3,(H,18,19). The largest absolute Gasteiger partial charge is 0.396 e. The first-order valence-electron chi connectivity index (χ1n) is 6.86. The van der Waals surface area contributed by atoms with Crippen LogP contribution in [0.25, 0.3) is 10.9 Å².